The van der Waals surface area contributed by atoms with Gasteiger partial charge in [0.25, 0.3) is 5.91 Å². The van der Waals surface area contributed by atoms with Gasteiger partial charge in [-0.3, -0.25) is 14.4 Å². The Hall–Kier alpha value is -3.33. The van der Waals surface area contributed by atoms with Gasteiger partial charge in [0.05, 0.1) is 12.2 Å². The first-order valence-corrected chi connectivity index (χ1v) is 11.0. The molecule has 2 aromatic rings. The van der Waals surface area contributed by atoms with Gasteiger partial charge in [0, 0.05) is 19.4 Å². The lowest BCUT2D eigenvalue weighted by molar-refractivity contribution is -0.139. The average molecular weight is 453 g/mol. The fraction of sp³-hybridized carbons (Fsp3) is 0.304. The molecule has 2 aromatic carbocycles. The van der Waals surface area contributed by atoms with Crippen LogP contribution in [0, 0.1) is 13.8 Å². The van der Waals surface area contributed by atoms with Gasteiger partial charge in [0.2, 0.25) is 16.7 Å². The van der Waals surface area contributed by atoms with Crippen LogP contribution in [0.5, 0.6) is 5.75 Å². The number of para-hydroxylation sites is 1. The number of nitrogens with zero attached hydrogens (tertiary/aromatic N) is 3. The van der Waals surface area contributed by atoms with E-state index in [9.17, 15) is 14.4 Å². The van der Waals surface area contributed by atoms with Crippen LogP contribution < -0.4 is 15.0 Å². The van der Waals surface area contributed by atoms with E-state index in [0.717, 1.165) is 28.6 Å². The molecule has 32 heavy (non-hydrogen) atoms. The van der Waals surface area contributed by atoms with E-state index < -0.39 is 10.8 Å². The van der Waals surface area contributed by atoms with Crippen LogP contribution in [0.3, 0.4) is 0 Å². The van der Waals surface area contributed by atoms with Crippen molar-refractivity contribution in [1.82, 2.24) is 10.3 Å². The Morgan fingerprint density at radius 2 is 1.91 bits per heavy atom. The number of hydrogen-bond acceptors (Lipinski definition) is 6. The topological polar surface area (TPSA) is 91.3 Å². The highest BCUT2D eigenvalue weighted by Crippen LogP contribution is 2.54. The Labute approximate surface area is 190 Å². The second-order valence-electron chi connectivity index (χ2n) is 7.75. The van der Waals surface area contributed by atoms with Crippen molar-refractivity contribution in [2.75, 3.05) is 18.1 Å². The van der Waals surface area contributed by atoms with Crippen molar-refractivity contribution < 1.29 is 19.1 Å². The van der Waals surface area contributed by atoms with Crippen LogP contribution in [0.4, 0.5) is 5.69 Å². The van der Waals surface area contributed by atoms with E-state index in [4.69, 9.17) is 4.74 Å². The van der Waals surface area contributed by atoms with Gasteiger partial charge in [0.1, 0.15) is 12.4 Å². The van der Waals surface area contributed by atoms with Gasteiger partial charge >= 0.3 is 0 Å². The maximum atomic E-state index is 13.8. The third kappa shape index (κ3) is 3.62. The zero-order valence-corrected chi connectivity index (χ0v) is 19.2. The number of carbonyl (C=O) groups excluding carboxylic acids is 3. The second kappa shape index (κ2) is 8.31. The molecule has 166 valence electrons. The summed E-state index contributed by atoms with van der Waals surface area (Å²) in [5.41, 5.74) is 3.33. The highest BCUT2D eigenvalue weighted by molar-refractivity contribution is 8.15. The number of benzene rings is 2. The Morgan fingerprint density at radius 1 is 1.16 bits per heavy atom. The molecule has 0 bridgehead atoms. The van der Waals surface area contributed by atoms with Crippen LogP contribution in [0.1, 0.15) is 30.5 Å². The van der Waals surface area contributed by atoms with E-state index in [-0.39, 0.29) is 23.6 Å². The number of hydrazone groups is 1. The van der Waals surface area contributed by atoms with E-state index in [0.29, 0.717) is 17.8 Å². The van der Waals surface area contributed by atoms with E-state index >= 15 is 0 Å². The van der Waals surface area contributed by atoms with E-state index in [1.54, 1.807) is 4.90 Å². The van der Waals surface area contributed by atoms with Gasteiger partial charge < -0.3 is 15.0 Å². The number of amidine groups is 1. The molecule has 1 N–H and O–H groups in total. The summed E-state index contributed by atoms with van der Waals surface area (Å²) in [7, 11) is 0. The third-order valence-corrected chi connectivity index (χ3v) is 6.56. The lowest BCUT2D eigenvalue weighted by Crippen LogP contribution is -2.49. The van der Waals surface area contributed by atoms with Crippen LogP contribution >= 0.6 is 11.8 Å². The molecule has 0 aliphatic carbocycles. The highest BCUT2D eigenvalue weighted by atomic mass is 32.2. The highest BCUT2D eigenvalue weighted by Gasteiger charge is 2.61. The van der Waals surface area contributed by atoms with Gasteiger partial charge in [-0.05, 0) is 43.3 Å². The van der Waals surface area contributed by atoms with Crippen molar-refractivity contribution in [2.24, 2.45) is 5.10 Å². The molecule has 0 radical (unpaired) electrons. The van der Waals surface area contributed by atoms with Crippen LogP contribution in [0.15, 0.2) is 47.6 Å². The summed E-state index contributed by atoms with van der Waals surface area (Å²) < 4.78 is 5.92. The first kappa shape index (κ1) is 21.9. The molecule has 1 atom stereocenters. The largest absolute Gasteiger partial charge is 0.491 e. The molecule has 9 heteroatoms. The third-order valence-electron chi connectivity index (χ3n) is 5.32. The molecule has 0 saturated heterocycles. The summed E-state index contributed by atoms with van der Waals surface area (Å²) in [6.07, 6.45) is 0. The Bertz CT molecular complexity index is 1150. The Balaban J connectivity index is 1.67. The number of nitrogens with one attached hydrogen (secondary N) is 1. The maximum Gasteiger partial charge on any atom is 0.270 e. The minimum atomic E-state index is -1.40. The molecular formula is C23H24N4O4S. The molecule has 2 heterocycles. The van der Waals surface area contributed by atoms with Crippen molar-refractivity contribution in [2.45, 2.75) is 32.6 Å². The van der Waals surface area contributed by atoms with Crippen molar-refractivity contribution in [3.63, 3.8) is 0 Å². The van der Waals surface area contributed by atoms with E-state index in [1.165, 1.54) is 18.9 Å². The number of anilines is 1. The second-order valence-corrected chi connectivity index (χ2v) is 8.94. The summed E-state index contributed by atoms with van der Waals surface area (Å²) in [4.78, 5) is 38.2. The fourth-order valence-corrected chi connectivity index (χ4v) is 5.24. The molecule has 0 fully saturated rings. The van der Waals surface area contributed by atoms with Gasteiger partial charge in [0.15, 0.2) is 5.17 Å². The van der Waals surface area contributed by atoms with Crippen molar-refractivity contribution >= 4 is 40.3 Å². The van der Waals surface area contributed by atoms with Crippen LogP contribution in [0.25, 0.3) is 0 Å². The van der Waals surface area contributed by atoms with Gasteiger partial charge in [-0.25, -0.2) is 0 Å². The fourth-order valence-electron chi connectivity index (χ4n) is 3.91. The zero-order valence-electron chi connectivity index (χ0n) is 18.3. The number of ether oxygens (including phenoxy) is 1. The van der Waals surface area contributed by atoms with Crippen molar-refractivity contribution in [1.29, 1.82) is 0 Å². The van der Waals surface area contributed by atoms with Crippen LogP contribution in [0.2, 0.25) is 0 Å². The predicted molar refractivity (Wildman–Crippen MR) is 123 cm³/mol. The molecule has 2 aliphatic rings. The first-order valence-electron chi connectivity index (χ1n) is 10.2. The number of carbonyl (C=O) groups is 3. The number of amides is 3. The Morgan fingerprint density at radius 3 is 2.59 bits per heavy atom. The van der Waals surface area contributed by atoms with Crippen LogP contribution in [-0.4, -0.2) is 41.0 Å². The smallest absolute Gasteiger partial charge is 0.270 e. The zero-order chi connectivity index (χ0) is 23.0. The molecule has 3 amide bonds. The standard InChI is InChI=1S/C23H24N4O4S/c1-14-9-10-19-18(13-14)23(27(17(4)29)25-22(32-23)24-16(3)28)21(30)26(19)11-12-31-20-8-6-5-7-15(20)2/h5-10,13H,11-12H2,1-4H3,(H,24,25,28)/t23-/m1/s1. The predicted octanol–water partition coefficient (Wildman–Crippen LogP) is 2.88. The minimum Gasteiger partial charge on any atom is -0.491 e. The average Bonchev–Trinajstić information content (AvgIpc) is 3.21. The molecule has 0 aromatic heterocycles. The lowest BCUT2D eigenvalue weighted by atomic mass is 10.0. The number of thioether (sulfide) groups is 1. The molecule has 0 unspecified atom stereocenters. The first-order chi connectivity index (χ1) is 15.2. The quantitative estimate of drug-likeness (QED) is 0.770. The summed E-state index contributed by atoms with van der Waals surface area (Å²) >= 11 is 1.07. The molecular weight excluding hydrogens is 428 g/mol. The van der Waals surface area contributed by atoms with Crippen molar-refractivity contribution in [3.05, 3.63) is 59.2 Å². The number of rotatable bonds is 4. The summed E-state index contributed by atoms with van der Waals surface area (Å²) in [5, 5.41) is 8.27. The minimum absolute atomic E-state index is 0.214. The number of hydrogen-bond donors (Lipinski definition) is 1. The van der Waals surface area contributed by atoms with Crippen LogP contribution in [-0.2, 0) is 19.3 Å². The maximum absolute atomic E-state index is 13.8. The van der Waals surface area contributed by atoms with E-state index in [2.05, 4.69) is 10.4 Å². The molecule has 0 saturated carbocycles. The van der Waals surface area contributed by atoms with Gasteiger partial charge in [-0.1, -0.05) is 35.9 Å². The summed E-state index contributed by atoms with van der Waals surface area (Å²) in [6, 6.07) is 13.4. The van der Waals surface area contributed by atoms with Crippen molar-refractivity contribution in [3.8, 4) is 5.75 Å². The summed E-state index contributed by atoms with van der Waals surface area (Å²) in [6.45, 7) is 7.18. The Kier molecular flexibility index (Phi) is 5.68. The SMILES string of the molecule is CC(=O)NC1=NN(C(C)=O)[C@]2(S1)C(=O)N(CCOc1ccccc1C)c1ccc(C)cc12. The number of fused-ring (bicyclic) bond motifs is 2. The molecule has 2 aliphatic heterocycles. The number of aryl methyl sites for hydroxylation is 2. The summed E-state index contributed by atoms with van der Waals surface area (Å²) in [5.74, 6) is -0.252. The lowest BCUT2D eigenvalue weighted by Gasteiger charge is -2.29. The molecule has 8 nitrogen and oxygen atoms in total. The normalized spacial score (nSPS) is 19.2. The van der Waals surface area contributed by atoms with E-state index in [1.807, 2.05) is 56.3 Å². The van der Waals surface area contributed by atoms with Gasteiger partial charge in [-0.2, -0.15) is 5.01 Å². The molecule has 1 spiro atoms. The monoisotopic (exact) mass is 452 g/mol. The van der Waals surface area contributed by atoms with Gasteiger partial charge in [-0.15, -0.1) is 5.10 Å². The molecule has 4 rings (SSSR count).